The zero-order valence-electron chi connectivity index (χ0n) is 11.5. The van der Waals surface area contributed by atoms with Crippen molar-refractivity contribution in [2.45, 2.75) is 6.92 Å². The third-order valence-electron chi connectivity index (χ3n) is 3.35. The van der Waals surface area contributed by atoms with E-state index in [-0.39, 0.29) is 0 Å². The Bertz CT molecular complexity index is 866. The van der Waals surface area contributed by atoms with Gasteiger partial charge in [-0.1, -0.05) is 24.3 Å². The van der Waals surface area contributed by atoms with Gasteiger partial charge in [0.1, 0.15) is 11.8 Å². The van der Waals surface area contributed by atoms with E-state index in [1.165, 1.54) is 0 Å². The van der Waals surface area contributed by atoms with E-state index in [0.717, 1.165) is 16.5 Å². The second kappa shape index (κ2) is 5.14. The summed E-state index contributed by atoms with van der Waals surface area (Å²) in [4.78, 5) is 4.44. The summed E-state index contributed by atoms with van der Waals surface area (Å²) in [7, 11) is 0. The van der Waals surface area contributed by atoms with Crippen molar-refractivity contribution in [1.29, 1.82) is 5.26 Å². The number of hydrogen-bond acceptors (Lipinski definition) is 4. The van der Waals surface area contributed by atoms with Crippen LogP contribution < -0.4 is 10.5 Å². The van der Waals surface area contributed by atoms with Crippen LogP contribution in [0.3, 0.4) is 0 Å². The fourth-order valence-corrected chi connectivity index (χ4v) is 2.15. The molecule has 102 valence electrons. The number of nitrogen functional groups attached to an aromatic ring is 1. The Hall–Kier alpha value is -3.06. The van der Waals surface area contributed by atoms with Crippen LogP contribution in [0.5, 0.6) is 11.6 Å². The number of nitriles is 1. The van der Waals surface area contributed by atoms with Crippen molar-refractivity contribution in [3.63, 3.8) is 0 Å². The second-order valence-electron chi connectivity index (χ2n) is 4.71. The minimum Gasteiger partial charge on any atom is -0.439 e. The minimum atomic E-state index is 0.388. The Kier molecular flexibility index (Phi) is 3.17. The highest BCUT2D eigenvalue weighted by molar-refractivity contribution is 5.85. The van der Waals surface area contributed by atoms with Crippen molar-refractivity contribution >= 4 is 16.6 Å². The molecule has 4 nitrogen and oxygen atoms in total. The van der Waals surface area contributed by atoms with Gasteiger partial charge in [0.25, 0.3) is 0 Å². The SMILES string of the molecule is Cc1c(N)cccc1Oc1cc(C#N)c2ccccc2n1. The summed E-state index contributed by atoms with van der Waals surface area (Å²) in [6.07, 6.45) is 0. The Balaban J connectivity index is 2.09. The first kappa shape index (κ1) is 12.9. The van der Waals surface area contributed by atoms with E-state index in [9.17, 15) is 5.26 Å². The van der Waals surface area contributed by atoms with Gasteiger partial charge in [0.05, 0.1) is 11.1 Å². The second-order valence-corrected chi connectivity index (χ2v) is 4.71. The number of ether oxygens (including phenoxy) is 1. The summed E-state index contributed by atoms with van der Waals surface area (Å²) in [5, 5.41) is 10.1. The minimum absolute atomic E-state index is 0.388. The van der Waals surface area contributed by atoms with E-state index in [2.05, 4.69) is 11.1 Å². The van der Waals surface area contributed by atoms with Crippen LogP contribution in [0.15, 0.2) is 48.5 Å². The number of nitrogens with zero attached hydrogens (tertiary/aromatic N) is 2. The van der Waals surface area contributed by atoms with E-state index < -0.39 is 0 Å². The highest BCUT2D eigenvalue weighted by atomic mass is 16.5. The number of anilines is 1. The molecule has 1 aromatic heterocycles. The summed E-state index contributed by atoms with van der Waals surface area (Å²) in [6.45, 7) is 1.89. The number of nitrogens with two attached hydrogens (primary N) is 1. The molecule has 0 saturated heterocycles. The van der Waals surface area contributed by atoms with Crippen LogP contribution in [0.1, 0.15) is 11.1 Å². The Morgan fingerprint density at radius 3 is 2.76 bits per heavy atom. The van der Waals surface area contributed by atoms with Gasteiger partial charge in [-0.25, -0.2) is 4.98 Å². The maximum absolute atomic E-state index is 9.27. The molecule has 0 bridgehead atoms. The summed E-state index contributed by atoms with van der Waals surface area (Å²) in [5.74, 6) is 1.03. The quantitative estimate of drug-likeness (QED) is 0.722. The lowest BCUT2D eigenvalue weighted by Crippen LogP contribution is -1.95. The van der Waals surface area contributed by atoms with Gasteiger partial charge < -0.3 is 10.5 Å². The third-order valence-corrected chi connectivity index (χ3v) is 3.35. The number of rotatable bonds is 2. The molecule has 0 fully saturated rings. The van der Waals surface area contributed by atoms with E-state index in [4.69, 9.17) is 10.5 Å². The molecule has 21 heavy (non-hydrogen) atoms. The Morgan fingerprint density at radius 1 is 1.14 bits per heavy atom. The number of fused-ring (bicyclic) bond motifs is 1. The van der Waals surface area contributed by atoms with Crippen LogP contribution in [0, 0.1) is 18.3 Å². The molecule has 4 heteroatoms. The van der Waals surface area contributed by atoms with Crippen molar-refractivity contribution in [2.24, 2.45) is 0 Å². The lowest BCUT2D eigenvalue weighted by atomic mass is 10.1. The Labute approximate surface area is 122 Å². The molecule has 3 rings (SSSR count). The molecule has 0 atom stereocenters. The van der Waals surface area contributed by atoms with E-state index >= 15 is 0 Å². The van der Waals surface area contributed by atoms with Gasteiger partial charge in [-0.05, 0) is 25.1 Å². The van der Waals surface area contributed by atoms with Gasteiger partial charge in [0, 0.05) is 22.7 Å². The van der Waals surface area contributed by atoms with E-state index in [1.54, 1.807) is 6.07 Å². The van der Waals surface area contributed by atoms with Gasteiger partial charge in [0.15, 0.2) is 0 Å². The van der Waals surface area contributed by atoms with Crippen LogP contribution in [0.25, 0.3) is 10.9 Å². The largest absolute Gasteiger partial charge is 0.439 e. The molecule has 0 aliphatic carbocycles. The van der Waals surface area contributed by atoms with Crippen LogP contribution in [-0.4, -0.2) is 4.98 Å². The highest BCUT2D eigenvalue weighted by Gasteiger charge is 2.09. The number of pyridine rings is 1. The van der Waals surface area contributed by atoms with Gasteiger partial charge in [-0.3, -0.25) is 0 Å². The molecule has 0 unspecified atom stereocenters. The van der Waals surface area contributed by atoms with Crippen molar-refractivity contribution in [1.82, 2.24) is 4.98 Å². The molecule has 0 spiro atoms. The zero-order chi connectivity index (χ0) is 14.8. The van der Waals surface area contributed by atoms with Gasteiger partial charge >= 0.3 is 0 Å². The zero-order valence-corrected chi connectivity index (χ0v) is 11.5. The van der Waals surface area contributed by atoms with E-state index in [0.29, 0.717) is 22.9 Å². The molecule has 0 radical (unpaired) electrons. The molecular weight excluding hydrogens is 262 g/mol. The highest BCUT2D eigenvalue weighted by Crippen LogP contribution is 2.29. The molecule has 0 aliphatic heterocycles. The normalized spacial score (nSPS) is 10.3. The predicted octanol–water partition coefficient (Wildman–Crippen LogP) is 3.79. The maximum atomic E-state index is 9.27. The third kappa shape index (κ3) is 2.37. The molecular formula is C17H13N3O. The average molecular weight is 275 g/mol. The standard InChI is InChI=1S/C17H13N3O/c1-11-14(19)6-4-8-16(11)21-17-9-12(10-18)13-5-2-3-7-15(13)20-17/h2-9H,19H2,1H3. The lowest BCUT2D eigenvalue weighted by molar-refractivity contribution is 0.462. The van der Waals surface area contributed by atoms with Crippen LogP contribution in [0.2, 0.25) is 0 Å². The van der Waals surface area contributed by atoms with Crippen molar-refractivity contribution in [3.8, 4) is 17.7 Å². The average Bonchev–Trinajstić information content (AvgIpc) is 2.51. The van der Waals surface area contributed by atoms with E-state index in [1.807, 2.05) is 49.4 Å². The topological polar surface area (TPSA) is 71.9 Å². The monoisotopic (exact) mass is 275 g/mol. The molecule has 2 N–H and O–H groups in total. The lowest BCUT2D eigenvalue weighted by Gasteiger charge is -2.10. The summed E-state index contributed by atoms with van der Waals surface area (Å²) < 4.78 is 5.80. The van der Waals surface area contributed by atoms with Crippen molar-refractivity contribution < 1.29 is 4.74 Å². The van der Waals surface area contributed by atoms with Crippen LogP contribution in [0.4, 0.5) is 5.69 Å². The fraction of sp³-hybridized carbons (Fsp3) is 0.0588. The predicted molar refractivity (Wildman–Crippen MR) is 82.1 cm³/mol. The van der Waals surface area contributed by atoms with Crippen LogP contribution in [-0.2, 0) is 0 Å². The van der Waals surface area contributed by atoms with Gasteiger partial charge in [-0.15, -0.1) is 0 Å². The first-order valence-electron chi connectivity index (χ1n) is 6.52. The maximum Gasteiger partial charge on any atom is 0.221 e. The molecule has 1 heterocycles. The fourth-order valence-electron chi connectivity index (χ4n) is 2.15. The summed E-state index contributed by atoms with van der Waals surface area (Å²) >= 11 is 0. The molecule has 0 amide bonds. The molecule has 3 aromatic rings. The van der Waals surface area contributed by atoms with Crippen LogP contribution >= 0.6 is 0 Å². The Morgan fingerprint density at radius 2 is 1.95 bits per heavy atom. The number of hydrogen-bond donors (Lipinski definition) is 1. The van der Waals surface area contributed by atoms with Crippen molar-refractivity contribution in [3.05, 3.63) is 59.7 Å². The summed E-state index contributed by atoms with van der Waals surface area (Å²) in [5.41, 5.74) is 8.65. The first-order chi connectivity index (χ1) is 10.2. The van der Waals surface area contributed by atoms with Crippen molar-refractivity contribution in [2.75, 3.05) is 5.73 Å². The smallest absolute Gasteiger partial charge is 0.221 e. The number of benzene rings is 2. The number of aromatic nitrogens is 1. The van der Waals surface area contributed by atoms with Gasteiger partial charge in [-0.2, -0.15) is 5.26 Å². The molecule has 2 aromatic carbocycles. The molecule has 0 saturated carbocycles. The molecule has 0 aliphatic rings. The number of para-hydroxylation sites is 1. The summed E-state index contributed by atoms with van der Waals surface area (Å²) in [6, 6.07) is 16.8. The van der Waals surface area contributed by atoms with Gasteiger partial charge in [0.2, 0.25) is 5.88 Å². The first-order valence-corrected chi connectivity index (χ1v) is 6.52.